The molecule has 0 saturated carbocycles. The number of aliphatic hydroxyl groups excluding tert-OH is 2. The zero-order valence-corrected chi connectivity index (χ0v) is 40.5. The highest BCUT2D eigenvalue weighted by Crippen LogP contribution is 2.48. The second kappa shape index (κ2) is 19.3. The molecular weight excluding hydrogens is 883 g/mol. The summed E-state index contributed by atoms with van der Waals surface area (Å²) in [6.07, 6.45) is 5.64. The lowest BCUT2D eigenvalue weighted by Crippen LogP contribution is -2.46. The second-order valence-corrected chi connectivity index (χ2v) is 19.9. The number of aliphatic hydroxyl groups is 2. The first-order valence-electron chi connectivity index (χ1n) is 22.7. The van der Waals surface area contributed by atoms with E-state index in [-0.39, 0.29) is 61.5 Å². The van der Waals surface area contributed by atoms with Gasteiger partial charge in [0.05, 0.1) is 75.1 Å². The number of fused-ring (bicyclic) bond motifs is 2. The number of phenols is 1. The second-order valence-electron chi connectivity index (χ2n) is 18.9. The zero-order chi connectivity index (χ0) is 48.9. The summed E-state index contributed by atoms with van der Waals surface area (Å²) in [5.41, 5.74) is -0.483. The summed E-state index contributed by atoms with van der Waals surface area (Å²) in [6, 6.07) is 5.09. The first kappa shape index (κ1) is 49.4. The van der Waals surface area contributed by atoms with E-state index in [4.69, 9.17) is 45.9 Å². The maximum Gasteiger partial charge on any atom is 0.312 e. The minimum Gasteiger partial charge on any atom is -0.505 e. The number of phenolic OH excluding ortho intramolecular Hbond substituents is 1. The number of benzene rings is 3. The SMILES string of the molecule is CO[C@H]1/C=C/O[C@@]2(C)Oc3c(C)c(=O)c4c(O)c(c5oc6cc(OCC7CCC[N+](C)(S)C7)ccc6nc5c4c3C2=O)NC(=O)/C(C)=C\C=C\[C@H](C)[C@H](O)[C@@H](C)[C@@H](O)[C@@H](C)[C@H](OC(C)=O)[C@@H]1C. The van der Waals surface area contributed by atoms with Crippen LogP contribution in [0, 0.1) is 36.5 Å². The van der Waals surface area contributed by atoms with Crippen LogP contribution >= 0.6 is 12.8 Å². The van der Waals surface area contributed by atoms with Gasteiger partial charge in [-0.3, -0.25) is 23.1 Å². The Labute approximate surface area is 394 Å². The lowest BCUT2D eigenvalue weighted by Gasteiger charge is -2.38. The fourth-order valence-corrected chi connectivity index (χ4v) is 10.1. The van der Waals surface area contributed by atoms with Crippen LogP contribution in [0.1, 0.15) is 77.2 Å². The molecule has 1 aromatic heterocycles. The predicted octanol–water partition coefficient (Wildman–Crippen LogP) is 7.08. The minimum absolute atomic E-state index is 0.00831. The number of carbonyl (C=O) groups is 3. The van der Waals surface area contributed by atoms with Crippen molar-refractivity contribution in [2.24, 2.45) is 29.6 Å². The Bertz CT molecular complexity index is 2760. The van der Waals surface area contributed by atoms with Crippen LogP contribution in [0.15, 0.2) is 63.6 Å². The first-order chi connectivity index (χ1) is 31.6. The van der Waals surface area contributed by atoms with E-state index < -0.39 is 82.7 Å². The normalized spacial score (nSPS) is 32.6. The molecule has 1 saturated heterocycles. The molecule has 3 aromatic carbocycles. The molecule has 4 N–H and O–H groups in total. The van der Waals surface area contributed by atoms with Gasteiger partial charge in [0.2, 0.25) is 0 Å². The lowest BCUT2D eigenvalue weighted by molar-refractivity contribution is -0.781. The molecule has 1 amide bonds. The van der Waals surface area contributed by atoms with E-state index in [9.17, 15) is 34.5 Å². The molecule has 2 unspecified atom stereocenters. The van der Waals surface area contributed by atoms with Gasteiger partial charge >= 0.3 is 11.8 Å². The number of methoxy groups -OCH3 is 1. The van der Waals surface area contributed by atoms with Crippen molar-refractivity contribution in [3.05, 3.63) is 75.7 Å². The third kappa shape index (κ3) is 9.66. The van der Waals surface area contributed by atoms with E-state index in [0.29, 0.717) is 21.8 Å². The molecule has 17 heteroatoms. The summed E-state index contributed by atoms with van der Waals surface area (Å²) >= 11 is 4.77. The largest absolute Gasteiger partial charge is 0.505 e. The van der Waals surface area contributed by atoms with E-state index in [1.165, 1.54) is 46.3 Å². The average molecular weight is 945 g/mol. The van der Waals surface area contributed by atoms with Gasteiger partial charge in [-0.1, -0.05) is 45.9 Å². The van der Waals surface area contributed by atoms with Crippen LogP contribution in [0.5, 0.6) is 17.2 Å². The fraction of sp³-hybridized carbons (Fsp3) is 0.500. The Morgan fingerprint density at radius 3 is 2.46 bits per heavy atom. The fourth-order valence-electron chi connectivity index (χ4n) is 9.69. The van der Waals surface area contributed by atoms with Crippen LogP contribution in [-0.2, 0) is 23.8 Å². The number of amides is 1. The Balaban J connectivity index is 1.40. The number of rotatable bonds is 5. The molecule has 4 bridgehead atoms. The van der Waals surface area contributed by atoms with Crippen LogP contribution in [-0.4, -0.2) is 106 Å². The van der Waals surface area contributed by atoms with Crippen molar-refractivity contribution in [3.63, 3.8) is 0 Å². The quantitative estimate of drug-likeness (QED) is 0.0338. The summed E-state index contributed by atoms with van der Waals surface area (Å²) in [5.74, 6) is -6.50. The van der Waals surface area contributed by atoms with Gasteiger partial charge in [-0.05, 0) is 44.9 Å². The number of aromatic nitrogens is 1. The number of piperidine rings is 1. The third-order valence-electron chi connectivity index (χ3n) is 13.7. The Morgan fingerprint density at radius 2 is 1.78 bits per heavy atom. The Kier molecular flexibility index (Phi) is 14.2. The standard InChI is InChI=1S/C50H61N3O13S/c1-24-13-11-14-25(2)49(60)52-40-44(58)37-36(39-47(40)65-35-21-32(16-17-33(35)51-39)62-23-31-15-12-19-53(9,67)22-31)38-46(29(6)43(37)57)66-50(8,48(38)59)63-20-18-34(61-10)26(3)45(64-30(7)54)28(5)42(56)27(4)41(24)55/h11,13-14,16-18,20-21,24,26-28,31,34,41-42,45,55-56,67H,12,15,19,22-23H2,1-10H3,(H-,51,52,57,58,59,60)/p+1/b13-11+,20-18+,25-14-/t24-,26+,27+,28+,31?,34-,41-,42+,45+,50-,53?/m0/s1. The van der Waals surface area contributed by atoms with E-state index >= 15 is 0 Å². The number of allylic oxidation sites excluding steroid dienone is 2. The number of thiol groups is 1. The summed E-state index contributed by atoms with van der Waals surface area (Å²) in [6.45, 7) is 14.9. The molecule has 67 heavy (non-hydrogen) atoms. The van der Waals surface area contributed by atoms with Crippen molar-refractivity contribution in [1.82, 2.24) is 4.98 Å². The van der Waals surface area contributed by atoms with Gasteiger partial charge in [-0.15, -0.1) is 0 Å². The van der Waals surface area contributed by atoms with Crippen molar-refractivity contribution in [1.29, 1.82) is 0 Å². The number of likely N-dealkylation sites (tertiary alicyclic amines) is 1. The lowest BCUT2D eigenvalue weighted by atomic mass is 9.78. The van der Waals surface area contributed by atoms with E-state index in [1.54, 1.807) is 65.0 Å². The minimum atomic E-state index is -2.05. The topological polar surface area (TPSA) is 213 Å². The summed E-state index contributed by atoms with van der Waals surface area (Å²) in [5, 5.41) is 37.6. The van der Waals surface area contributed by atoms with Crippen molar-refractivity contribution in [2.75, 3.05) is 39.2 Å². The monoisotopic (exact) mass is 944 g/mol. The molecule has 16 nitrogen and oxygen atoms in total. The van der Waals surface area contributed by atoms with Gasteiger partial charge in [-0.2, -0.15) is 0 Å². The number of aromatic hydroxyl groups is 1. The number of Topliss-reactive ketones (excluding diaryl/α,β-unsaturated/α-hetero) is 1. The highest BCUT2D eigenvalue weighted by Gasteiger charge is 2.50. The van der Waals surface area contributed by atoms with Crippen LogP contribution in [0.25, 0.3) is 33.0 Å². The maximum absolute atomic E-state index is 14.8. The highest BCUT2D eigenvalue weighted by atomic mass is 32.1. The summed E-state index contributed by atoms with van der Waals surface area (Å²) in [7, 11) is 3.52. The van der Waals surface area contributed by atoms with E-state index in [1.807, 2.05) is 0 Å². The molecule has 0 radical (unpaired) electrons. The maximum atomic E-state index is 14.8. The average Bonchev–Trinajstić information content (AvgIpc) is 3.55. The molecule has 1 fully saturated rings. The Hall–Kier alpha value is -5.46. The van der Waals surface area contributed by atoms with Gasteiger partial charge < -0.3 is 48.7 Å². The molecule has 3 aliphatic rings. The molecule has 0 spiro atoms. The number of nitrogens with zero attached hydrogens (tertiary/aromatic N) is 2. The Morgan fingerprint density at radius 1 is 1.04 bits per heavy atom. The van der Waals surface area contributed by atoms with Gasteiger partial charge in [0.1, 0.15) is 34.3 Å². The number of nitrogens with one attached hydrogen (secondary N) is 1. The van der Waals surface area contributed by atoms with Crippen molar-refractivity contribution in [2.45, 2.75) is 98.4 Å². The number of esters is 1. The smallest absolute Gasteiger partial charge is 0.312 e. The highest BCUT2D eigenvalue weighted by molar-refractivity contribution is 7.74. The number of carbonyl (C=O) groups excluding carboxylic acids is 3. The van der Waals surface area contributed by atoms with Crippen molar-refractivity contribution >= 4 is 69.1 Å². The molecule has 4 aromatic rings. The number of hydrogen-bond acceptors (Lipinski definition) is 15. The molecule has 360 valence electrons. The molecule has 4 heterocycles. The van der Waals surface area contributed by atoms with Crippen LogP contribution in [0.4, 0.5) is 5.69 Å². The predicted molar refractivity (Wildman–Crippen MR) is 255 cm³/mol. The van der Waals surface area contributed by atoms with Gasteiger partial charge in [-0.25, -0.2) is 4.98 Å². The number of hydrogen-bond donors (Lipinski definition) is 5. The van der Waals surface area contributed by atoms with Crippen LogP contribution in [0.3, 0.4) is 0 Å². The molecule has 7 rings (SSSR count). The molecule has 11 atom stereocenters. The van der Waals surface area contributed by atoms with Crippen molar-refractivity contribution < 1.29 is 61.7 Å². The zero-order valence-electron chi connectivity index (χ0n) is 39.6. The van der Waals surface area contributed by atoms with Gasteiger partial charge in [0, 0.05) is 73.1 Å². The van der Waals surface area contributed by atoms with Gasteiger partial charge in [0.15, 0.2) is 22.3 Å². The van der Waals surface area contributed by atoms with Crippen molar-refractivity contribution in [3.8, 4) is 17.2 Å². The van der Waals surface area contributed by atoms with Gasteiger partial charge in [0.25, 0.3) is 11.7 Å². The molecule has 3 aliphatic heterocycles. The molecular formula is C50H62N3O13S+. The number of ketones is 1. The third-order valence-corrected chi connectivity index (χ3v) is 14.1. The summed E-state index contributed by atoms with van der Waals surface area (Å²) in [4.78, 5) is 60.5. The van der Waals surface area contributed by atoms with E-state index in [2.05, 4.69) is 12.4 Å². The number of anilines is 1. The van der Waals surface area contributed by atoms with Crippen LogP contribution < -0.4 is 20.2 Å². The first-order valence-corrected chi connectivity index (χ1v) is 23.1. The van der Waals surface area contributed by atoms with Crippen LogP contribution in [0.2, 0.25) is 0 Å². The van der Waals surface area contributed by atoms with E-state index in [0.717, 1.165) is 25.9 Å². The number of ether oxygens (including phenoxy) is 5. The number of quaternary nitrogens is 1. The summed E-state index contributed by atoms with van der Waals surface area (Å²) < 4.78 is 37.3. The molecule has 0 aliphatic carbocycles.